The topological polar surface area (TPSA) is 74.8 Å². The predicted molar refractivity (Wildman–Crippen MR) is 104 cm³/mol. The Bertz CT molecular complexity index is 872. The van der Waals surface area contributed by atoms with E-state index in [0.717, 1.165) is 24.6 Å². The number of benzene rings is 1. The van der Waals surface area contributed by atoms with Gasteiger partial charge in [-0.1, -0.05) is 13.3 Å². The number of nitrogens with one attached hydrogen (secondary N) is 1. The number of urea groups is 1. The first-order valence-corrected chi connectivity index (χ1v) is 9.25. The van der Waals surface area contributed by atoms with Gasteiger partial charge in [0, 0.05) is 24.4 Å². The van der Waals surface area contributed by atoms with E-state index in [1.54, 1.807) is 23.2 Å². The van der Waals surface area contributed by atoms with Crippen LogP contribution in [-0.4, -0.2) is 48.1 Å². The molecule has 1 fully saturated rings. The number of pyridine rings is 1. The molecule has 0 bridgehead atoms. The van der Waals surface area contributed by atoms with Crippen molar-refractivity contribution in [2.45, 2.75) is 25.8 Å². The van der Waals surface area contributed by atoms with E-state index < -0.39 is 17.5 Å². The molecule has 154 valence electrons. The van der Waals surface area contributed by atoms with E-state index in [2.05, 4.69) is 10.3 Å². The molecule has 0 saturated carbocycles. The van der Waals surface area contributed by atoms with E-state index >= 15 is 0 Å². The van der Waals surface area contributed by atoms with Gasteiger partial charge in [-0.25, -0.2) is 18.6 Å². The van der Waals surface area contributed by atoms with Crippen molar-refractivity contribution in [2.75, 3.05) is 30.4 Å². The molecule has 0 spiro atoms. The van der Waals surface area contributed by atoms with Crippen LogP contribution in [0.15, 0.2) is 36.5 Å². The second kappa shape index (κ2) is 8.85. The third kappa shape index (κ3) is 4.79. The van der Waals surface area contributed by atoms with Crippen LogP contribution in [0.3, 0.4) is 0 Å². The van der Waals surface area contributed by atoms with Gasteiger partial charge in [-0.05, 0) is 24.6 Å². The molecule has 29 heavy (non-hydrogen) atoms. The number of hydrogen-bond acceptors (Lipinski definition) is 4. The fourth-order valence-corrected chi connectivity index (χ4v) is 3.33. The number of hydrogen-bond donors (Lipinski definition) is 1. The third-order valence-electron chi connectivity index (χ3n) is 4.63. The van der Waals surface area contributed by atoms with Gasteiger partial charge in [-0.3, -0.25) is 9.69 Å². The second-order valence-electron chi connectivity index (χ2n) is 6.73. The molecule has 0 radical (unpaired) electrons. The number of nitrogens with zero attached hydrogens (tertiary/aromatic N) is 3. The Labute approximate surface area is 167 Å². The zero-order chi connectivity index (χ0) is 21.0. The smallest absolute Gasteiger partial charge is 0.325 e. The van der Waals surface area contributed by atoms with Crippen molar-refractivity contribution in [3.63, 3.8) is 0 Å². The van der Waals surface area contributed by atoms with Gasteiger partial charge in [0.05, 0.1) is 25.0 Å². The zero-order valence-corrected chi connectivity index (χ0v) is 16.2. The van der Waals surface area contributed by atoms with Crippen molar-refractivity contribution in [3.8, 4) is 5.88 Å². The summed E-state index contributed by atoms with van der Waals surface area (Å²) < 4.78 is 31.7. The van der Waals surface area contributed by atoms with Gasteiger partial charge < -0.3 is 15.0 Å². The molecule has 1 unspecified atom stereocenters. The molecule has 3 rings (SSSR count). The molecule has 1 aromatic carbocycles. The van der Waals surface area contributed by atoms with Crippen LogP contribution in [-0.2, 0) is 4.79 Å². The van der Waals surface area contributed by atoms with Crippen molar-refractivity contribution in [1.29, 1.82) is 0 Å². The van der Waals surface area contributed by atoms with Crippen LogP contribution in [0.2, 0.25) is 0 Å². The summed E-state index contributed by atoms with van der Waals surface area (Å²) in [7, 11) is 1.51. The number of carbonyl (C=O) groups excluding carboxylic acids is 2. The molecule has 1 saturated heterocycles. The van der Waals surface area contributed by atoms with Crippen LogP contribution >= 0.6 is 0 Å². The molecule has 1 N–H and O–H groups in total. The molecule has 2 heterocycles. The van der Waals surface area contributed by atoms with Crippen LogP contribution < -0.4 is 15.0 Å². The van der Waals surface area contributed by atoms with E-state index in [1.807, 2.05) is 6.92 Å². The molecule has 3 amide bonds. The lowest BCUT2D eigenvalue weighted by Crippen LogP contribution is -2.40. The van der Waals surface area contributed by atoms with Crippen LogP contribution in [0.4, 0.5) is 25.0 Å². The molecule has 9 heteroatoms. The first-order valence-electron chi connectivity index (χ1n) is 9.25. The van der Waals surface area contributed by atoms with E-state index in [9.17, 15) is 18.4 Å². The molecule has 7 nitrogen and oxygen atoms in total. The highest BCUT2D eigenvalue weighted by Gasteiger charge is 2.38. The number of halogens is 2. The van der Waals surface area contributed by atoms with Gasteiger partial charge in [-0.15, -0.1) is 0 Å². The average molecular weight is 404 g/mol. The average Bonchev–Trinajstić information content (AvgIpc) is 2.97. The van der Waals surface area contributed by atoms with Gasteiger partial charge in [0.15, 0.2) is 0 Å². The summed E-state index contributed by atoms with van der Waals surface area (Å²) >= 11 is 0. The number of rotatable bonds is 7. The van der Waals surface area contributed by atoms with Gasteiger partial charge >= 0.3 is 6.03 Å². The Balaban J connectivity index is 1.73. The predicted octanol–water partition coefficient (Wildman–Crippen LogP) is 3.42. The van der Waals surface area contributed by atoms with Gasteiger partial charge in [0.25, 0.3) is 0 Å². The Morgan fingerprint density at radius 2 is 2.00 bits per heavy atom. The first-order chi connectivity index (χ1) is 13.9. The lowest BCUT2D eigenvalue weighted by molar-refractivity contribution is -0.117. The SMILES string of the molecule is CCCC1CN(c2ccc(OC)nc2)C(=O)N1CC(=O)Nc1cc(F)cc(F)c1. The van der Waals surface area contributed by atoms with Crippen molar-refractivity contribution >= 4 is 23.3 Å². The lowest BCUT2D eigenvalue weighted by atomic mass is 10.1. The van der Waals surface area contributed by atoms with E-state index in [4.69, 9.17) is 4.74 Å². The maximum absolute atomic E-state index is 13.3. The molecule has 1 aliphatic heterocycles. The summed E-state index contributed by atoms with van der Waals surface area (Å²) in [4.78, 5) is 32.5. The molecule has 1 aliphatic rings. The van der Waals surface area contributed by atoms with Crippen molar-refractivity contribution in [3.05, 3.63) is 48.2 Å². The van der Waals surface area contributed by atoms with E-state index in [-0.39, 0.29) is 24.3 Å². The van der Waals surface area contributed by atoms with E-state index in [1.165, 1.54) is 12.0 Å². The number of carbonyl (C=O) groups is 2. The van der Waals surface area contributed by atoms with Crippen molar-refractivity contribution in [2.24, 2.45) is 0 Å². The highest BCUT2D eigenvalue weighted by Crippen LogP contribution is 2.26. The Morgan fingerprint density at radius 1 is 1.28 bits per heavy atom. The monoisotopic (exact) mass is 404 g/mol. The Morgan fingerprint density at radius 3 is 2.59 bits per heavy atom. The summed E-state index contributed by atoms with van der Waals surface area (Å²) in [6.07, 6.45) is 3.09. The normalized spacial score (nSPS) is 16.3. The summed E-state index contributed by atoms with van der Waals surface area (Å²) in [6.45, 7) is 2.19. The zero-order valence-electron chi connectivity index (χ0n) is 16.2. The minimum Gasteiger partial charge on any atom is -0.481 e. The largest absolute Gasteiger partial charge is 0.481 e. The lowest BCUT2D eigenvalue weighted by Gasteiger charge is -2.22. The minimum absolute atomic E-state index is 0.00222. The maximum atomic E-state index is 13.3. The third-order valence-corrected chi connectivity index (χ3v) is 4.63. The summed E-state index contributed by atoms with van der Waals surface area (Å²) in [5.74, 6) is -1.68. The first kappa shape index (κ1) is 20.5. The molecule has 0 aliphatic carbocycles. The summed E-state index contributed by atoms with van der Waals surface area (Å²) in [5.41, 5.74) is 0.606. The number of ether oxygens (including phenoxy) is 1. The van der Waals surface area contributed by atoms with Crippen LogP contribution in [0.1, 0.15) is 19.8 Å². The van der Waals surface area contributed by atoms with Crippen LogP contribution in [0.25, 0.3) is 0 Å². The summed E-state index contributed by atoms with van der Waals surface area (Å²) in [5, 5.41) is 2.44. The summed E-state index contributed by atoms with van der Waals surface area (Å²) in [6, 6.07) is 5.66. The highest BCUT2D eigenvalue weighted by molar-refractivity contribution is 5.99. The van der Waals surface area contributed by atoms with Crippen LogP contribution in [0.5, 0.6) is 5.88 Å². The molecule has 2 aromatic rings. The van der Waals surface area contributed by atoms with Crippen LogP contribution in [0, 0.1) is 11.6 Å². The molecule has 1 aromatic heterocycles. The van der Waals surface area contributed by atoms with Gasteiger partial charge in [0.2, 0.25) is 11.8 Å². The van der Waals surface area contributed by atoms with Gasteiger partial charge in [0.1, 0.15) is 18.2 Å². The second-order valence-corrected chi connectivity index (χ2v) is 6.73. The molecular formula is C20H22F2N4O3. The standard InChI is InChI=1S/C20H22F2N4O3/c1-3-4-17-11-25(16-5-6-19(29-2)23-10-16)20(28)26(17)12-18(27)24-15-8-13(21)7-14(22)9-15/h5-10,17H,3-4,11-12H2,1-2H3,(H,24,27). The maximum Gasteiger partial charge on any atom is 0.325 e. The van der Waals surface area contributed by atoms with E-state index in [0.29, 0.717) is 24.5 Å². The van der Waals surface area contributed by atoms with Crippen molar-refractivity contribution < 1.29 is 23.1 Å². The Kier molecular flexibility index (Phi) is 6.26. The van der Waals surface area contributed by atoms with Crippen molar-refractivity contribution in [1.82, 2.24) is 9.88 Å². The number of aromatic nitrogens is 1. The fraction of sp³-hybridized carbons (Fsp3) is 0.350. The Hall–Kier alpha value is -3.23. The number of methoxy groups -OCH3 is 1. The number of anilines is 2. The number of amides is 3. The minimum atomic E-state index is -0.792. The quantitative estimate of drug-likeness (QED) is 0.767. The van der Waals surface area contributed by atoms with Gasteiger partial charge in [-0.2, -0.15) is 0 Å². The highest BCUT2D eigenvalue weighted by atomic mass is 19.1. The molecule has 1 atom stereocenters. The fourth-order valence-electron chi connectivity index (χ4n) is 3.33. The molecular weight excluding hydrogens is 382 g/mol.